The lowest BCUT2D eigenvalue weighted by molar-refractivity contribution is -0.138. The Morgan fingerprint density at radius 2 is 1.60 bits per heavy atom. The van der Waals surface area contributed by atoms with Gasteiger partial charge in [-0.2, -0.15) is 21.6 Å². The quantitative estimate of drug-likeness (QED) is 0.261. The summed E-state index contributed by atoms with van der Waals surface area (Å²) < 4.78 is 62.5. The summed E-state index contributed by atoms with van der Waals surface area (Å²) in [7, 11) is -2.27. The van der Waals surface area contributed by atoms with Crippen molar-refractivity contribution in [2.24, 2.45) is 0 Å². The first-order chi connectivity index (χ1) is 20.9. The number of nitrogens with one attached hydrogen (secondary N) is 1. The lowest BCUT2D eigenvalue weighted by Crippen LogP contribution is -2.56. The second kappa shape index (κ2) is 16.0. The van der Waals surface area contributed by atoms with Crippen LogP contribution in [0.15, 0.2) is 36.4 Å². The van der Waals surface area contributed by atoms with Crippen LogP contribution >= 0.6 is 0 Å². The fraction of sp³-hybridized carbons (Fsp3) is 0.462. The largest absolute Gasteiger partial charge is 0.522 e. The van der Waals surface area contributed by atoms with Gasteiger partial charge in [-0.25, -0.2) is 14.8 Å². The Hall–Kier alpha value is -4.52. The number of aliphatic carboxylic acids is 1. The lowest BCUT2D eigenvalue weighted by atomic mass is 10.1. The first-order valence-electron chi connectivity index (χ1n) is 13.3. The van der Waals surface area contributed by atoms with Crippen LogP contribution in [0.3, 0.4) is 0 Å². The third-order valence-electron chi connectivity index (χ3n) is 6.10. The van der Waals surface area contributed by atoms with Gasteiger partial charge in [0.2, 0.25) is 5.91 Å². The van der Waals surface area contributed by atoms with Crippen molar-refractivity contribution in [2.45, 2.75) is 31.3 Å². The van der Waals surface area contributed by atoms with E-state index in [0.717, 1.165) is 5.56 Å². The third kappa shape index (κ3) is 11.2. The number of hydrogen-bond donors (Lipinski definition) is 3. The average molecular weight is 663 g/mol. The number of piperazine rings is 1. The van der Waals surface area contributed by atoms with E-state index in [1.165, 1.54) is 15.9 Å². The minimum absolute atomic E-state index is 0.0535. The van der Waals surface area contributed by atoms with E-state index in [4.69, 9.17) is 17.7 Å². The summed E-state index contributed by atoms with van der Waals surface area (Å²) in [5.41, 5.74) is -4.76. The monoisotopic (exact) mass is 662 g/mol. The Bertz CT molecular complexity index is 1450. The second-order valence-electron chi connectivity index (χ2n) is 9.59. The van der Waals surface area contributed by atoms with Gasteiger partial charge in [0.05, 0.1) is 6.61 Å². The lowest BCUT2D eigenvalue weighted by Gasteiger charge is -2.35. The zero-order valence-electron chi connectivity index (χ0n) is 24.5. The first kappa shape index (κ1) is 36.7. The van der Waals surface area contributed by atoms with Gasteiger partial charge in [0.15, 0.2) is 5.82 Å². The fourth-order valence-electron chi connectivity index (χ4n) is 3.80. The van der Waals surface area contributed by atoms with Crippen molar-refractivity contribution < 1.29 is 55.2 Å². The van der Waals surface area contributed by atoms with Gasteiger partial charge in [0.1, 0.15) is 17.6 Å². The standard InChI is InChI=1S/C25H32N6O6.CHF3O3S/c1-4-37-25(36)31-14-12-30(13-15-31)24(35)18(10-11-21(32)33)27-23(34)19-16-20(29(2)3)28-22(26-19)17-8-6-5-7-9-17;2-1(3,4)8(5,6)7/h5-9,16,18H,4,10-15H2,1-3H3,(H,27,34)(H,32,33);(H,5,6,7)/t18-;/m0./s1. The molecule has 0 radical (unpaired) electrons. The Balaban J connectivity index is 0.000000777. The van der Waals surface area contributed by atoms with E-state index >= 15 is 0 Å². The van der Waals surface area contributed by atoms with Crippen molar-refractivity contribution in [1.29, 1.82) is 0 Å². The summed E-state index contributed by atoms with van der Waals surface area (Å²) in [4.78, 5) is 63.4. The number of nitrogens with zero attached hydrogens (tertiary/aromatic N) is 5. The average Bonchev–Trinajstić information content (AvgIpc) is 2.98. The number of anilines is 1. The van der Waals surface area contributed by atoms with Crippen LogP contribution < -0.4 is 10.2 Å². The zero-order valence-corrected chi connectivity index (χ0v) is 25.3. The molecule has 1 aromatic heterocycles. The van der Waals surface area contributed by atoms with Gasteiger partial charge in [-0.05, 0) is 13.3 Å². The number of carboxylic acid groups (broad SMARTS) is 1. The minimum Gasteiger partial charge on any atom is -0.481 e. The van der Waals surface area contributed by atoms with E-state index in [0.29, 0.717) is 11.6 Å². The molecule has 0 bridgehead atoms. The molecule has 248 valence electrons. The molecule has 1 saturated heterocycles. The number of ether oxygens (including phenoxy) is 1. The van der Waals surface area contributed by atoms with Gasteiger partial charge >= 0.3 is 27.7 Å². The summed E-state index contributed by atoms with van der Waals surface area (Å²) in [5, 5.41) is 11.9. The number of carbonyl (C=O) groups excluding carboxylic acids is 3. The molecule has 2 aromatic rings. The van der Waals surface area contributed by atoms with Gasteiger partial charge in [0, 0.05) is 58.3 Å². The molecular weight excluding hydrogens is 629 g/mol. The highest BCUT2D eigenvalue weighted by molar-refractivity contribution is 7.86. The topological polar surface area (TPSA) is 200 Å². The number of halogens is 3. The van der Waals surface area contributed by atoms with Crippen molar-refractivity contribution in [3.63, 3.8) is 0 Å². The second-order valence-corrected chi connectivity index (χ2v) is 11.0. The van der Waals surface area contributed by atoms with Crippen LogP contribution in [0.1, 0.15) is 30.3 Å². The molecule has 2 heterocycles. The van der Waals surface area contributed by atoms with Crippen LogP contribution in [0.4, 0.5) is 23.8 Å². The Morgan fingerprint density at radius 3 is 2.09 bits per heavy atom. The summed E-state index contributed by atoms with van der Waals surface area (Å²) in [6.45, 7) is 3.02. The van der Waals surface area contributed by atoms with Crippen LogP contribution in [0.5, 0.6) is 0 Å². The number of carbonyl (C=O) groups is 4. The van der Waals surface area contributed by atoms with E-state index < -0.39 is 45.5 Å². The van der Waals surface area contributed by atoms with E-state index in [1.54, 1.807) is 25.9 Å². The molecule has 19 heteroatoms. The number of alkyl halides is 3. The maximum Gasteiger partial charge on any atom is 0.522 e. The minimum atomic E-state index is -5.84. The Labute approximate surface area is 256 Å². The maximum atomic E-state index is 13.3. The van der Waals surface area contributed by atoms with Crippen molar-refractivity contribution in [1.82, 2.24) is 25.1 Å². The van der Waals surface area contributed by atoms with Gasteiger partial charge in [-0.1, -0.05) is 30.3 Å². The summed E-state index contributed by atoms with van der Waals surface area (Å²) in [5.74, 6) is -1.26. The number of hydrogen-bond acceptors (Lipinski definition) is 10. The Morgan fingerprint density at radius 1 is 1.04 bits per heavy atom. The van der Waals surface area contributed by atoms with E-state index in [1.807, 2.05) is 30.3 Å². The number of carboxylic acids is 1. The first-order valence-corrected chi connectivity index (χ1v) is 14.8. The summed E-state index contributed by atoms with van der Waals surface area (Å²) >= 11 is 0. The Kier molecular flexibility index (Phi) is 13.0. The third-order valence-corrected chi connectivity index (χ3v) is 6.68. The number of amides is 3. The highest BCUT2D eigenvalue weighted by atomic mass is 32.2. The molecule has 1 aliphatic rings. The van der Waals surface area contributed by atoms with E-state index in [9.17, 15) is 37.5 Å². The molecule has 1 fully saturated rings. The normalized spacial score (nSPS) is 14.0. The molecular formula is C26H33F3N6O9S. The van der Waals surface area contributed by atoms with E-state index in [-0.39, 0.29) is 51.3 Å². The molecule has 0 aliphatic carbocycles. The predicted molar refractivity (Wildman–Crippen MR) is 153 cm³/mol. The molecule has 0 unspecified atom stereocenters. The van der Waals surface area contributed by atoms with Gasteiger partial charge in [-0.15, -0.1) is 0 Å². The van der Waals surface area contributed by atoms with Gasteiger partial charge in [0.25, 0.3) is 5.91 Å². The molecule has 3 amide bonds. The molecule has 1 aromatic carbocycles. The highest BCUT2D eigenvalue weighted by Gasteiger charge is 2.44. The van der Waals surface area contributed by atoms with Crippen LogP contribution in [0.2, 0.25) is 0 Å². The molecule has 0 spiro atoms. The van der Waals surface area contributed by atoms with Crippen LogP contribution in [0, 0.1) is 0 Å². The molecule has 1 aliphatic heterocycles. The van der Waals surface area contributed by atoms with Crippen LogP contribution in [0.25, 0.3) is 11.4 Å². The molecule has 3 N–H and O–H groups in total. The van der Waals surface area contributed by atoms with Gasteiger partial charge < -0.3 is 29.9 Å². The number of rotatable bonds is 9. The zero-order chi connectivity index (χ0) is 33.9. The smallest absolute Gasteiger partial charge is 0.481 e. The highest BCUT2D eigenvalue weighted by Crippen LogP contribution is 2.21. The SMILES string of the molecule is CCOC(=O)N1CCN(C(=O)[C@H](CCC(=O)O)NC(=O)c2cc(N(C)C)nc(-c3ccccc3)n2)CC1.O=S(=O)(O)C(F)(F)F. The van der Waals surface area contributed by atoms with Crippen LogP contribution in [-0.4, -0.2) is 120 Å². The molecule has 3 rings (SSSR count). The maximum absolute atomic E-state index is 13.3. The number of aromatic nitrogens is 2. The number of benzene rings is 1. The summed E-state index contributed by atoms with van der Waals surface area (Å²) in [6, 6.07) is 9.62. The predicted octanol–water partition coefficient (Wildman–Crippen LogP) is 1.87. The van der Waals surface area contributed by atoms with Crippen molar-refractivity contribution in [3.05, 3.63) is 42.1 Å². The van der Waals surface area contributed by atoms with Crippen molar-refractivity contribution in [3.8, 4) is 11.4 Å². The fourth-order valence-corrected chi connectivity index (χ4v) is 3.80. The van der Waals surface area contributed by atoms with Crippen molar-refractivity contribution in [2.75, 3.05) is 51.8 Å². The molecule has 1 atom stereocenters. The summed E-state index contributed by atoms with van der Waals surface area (Å²) in [6.07, 6.45) is -0.837. The van der Waals surface area contributed by atoms with Crippen molar-refractivity contribution >= 4 is 39.8 Å². The van der Waals surface area contributed by atoms with E-state index in [2.05, 4.69) is 15.3 Å². The molecule has 45 heavy (non-hydrogen) atoms. The molecule has 15 nitrogen and oxygen atoms in total. The molecule has 0 saturated carbocycles. The van der Waals surface area contributed by atoms with Crippen LogP contribution in [-0.2, 0) is 24.4 Å². The van der Waals surface area contributed by atoms with Gasteiger partial charge in [-0.3, -0.25) is 18.9 Å².